The number of nitrogens with zero attached hydrogens (tertiary/aromatic N) is 1. The first-order valence-corrected chi connectivity index (χ1v) is 9.89. The highest BCUT2D eigenvalue weighted by Crippen LogP contribution is 2.65. The first kappa shape index (κ1) is 17.9. The van der Waals surface area contributed by atoms with Crippen molar-refractivity contribution >= 4 is 21.9 Å². The van der Waals surface area contributed by atoms with E-state index in [0.717, 1.165) is 37.8 Å². The fourth-order valence-corrected chi connectivity index (χ4v) is 5.58. The molecule has 0 aromatic heterocycles. The molecule has 1 aromatic rings. The van der Waals surface area contributed by atoms with Crippen LogP contribution in [0.1, 0.15) is 44.6 Å². The Morgan fingerprint density at radius 1 is 1.25 bits per heavy atom. The molecule has 0 aliphatic heterocycles. The number of rotatable bonds is 4. The smallest absolute Gasteiger partial charge is 0.309 e. The summed E-state index contributed by atoms with van der Waals surface area (Å²) in [5.41, 5.74) is 1.09. The molecule has 0 spiro atoms. The highest BCUT2D eigenvalue weighted by molar-refractivity contribution is 9.10. The Morgan fingerprint density at radius 2 is 1.88 bits per heavy atom. The quantitative estimate of drug-likeness (QED) is 0.798. The second-order valence-electron chi connectivity index (χ2n) is 7.93. The minimum atomic E-state index is -0.503. The van der Waals surface area contributed by atoms with Crippen molar-refractivity contribution in [3.05, 3.63) is 34.3 Å². The van der Waals surface area contributed by atoms with E-state index in [4.69, 9.17) is 0 Å². The Bertz CT molecular complexity index is 589. The molecule has 4 aliphatic rings. The van der Waals surface area contributed by atoms with Crippen LogP contribution in [0.5, 0.6) is 0 Å². The van der Waals surface area contributed by atoms with Crippen molar-refractivity contribution in [2.75, 3.05) is 13.6 Å². The molecule has 0 radical (unpaired) electrons. The topological polar surface area (TPSA) is 40.5 Å². The van der Waals surface area contributed by atoms with Crippen LogP contribution in [0, 0.1) is 23.2 Å². The fourth-order valence-electron chi connectivity index (χ4n) is 5.17. The second kappa shape index (κ2) is 7.17. The van der Waals surface area contributed by atoms with Crippen LogP contribution in [-0.4, -0.2) is 29.6 Å². The van der Waals surface area contributed by atoms with E-state index in [-0.39, 0.29) is 5.41 Å². The van der Waals surface area contributed by atoms with Gasteiger partial charge in [0.2, 0.25) is 0 Å². The number of aliphatic carboxylic acids is 1. The maximum Gasteiger partial charge on any atom is 0.309 e. The summed E-state index contributed by atoms with van der Waals surface area (Å²) in [6.45, 7) is 4.26. The fraction of sp³-hybridized carbons (Fsp3) is 0.650. The van der Waals surface area contributed by atoms with Gasteiger partial charge in [-0.25, -0.2) is 0 Å². The zero-order valence-corrected chi connectivity index (χ0v) is 16.3. The van der Waals surface area contributed by atoms with Crippen LogP contribution in [0.3, 0.4) is 0 Å². The molecule has 3 nitrogen and oxygen atoms in total. The minimum absolute atomic E-state index is 0.256. The van der Waals surface area contributed by atoms with Gasteiger partial charge in [0.25, 0.3) is 0 Å². The zero-order chi connectivity index (χ0) is 17.3. The Labute approximate surface area is 153 Å². The molecule has 1 N–H and O–H groups in total. The molecule has 4 bridgehead atoms. The molecular weight excluding hydrogens is 366 g/mol. The Morgan fingerprint density at radius 3 is 2.38 bits per heavy atom. The van der Waals surface area contributed by atoms with Gasteiger partial charge in [-0.2, -0.15) is 0 Å². The van der Waals surface area contributed by atoms with Gasteiger partial charge in [0.05, 0.1) is 5.41 Å². The molecule has 2 unspecified atom stereocenters. The lowest BCUT2D eigenvalue weighted by molar-refractivity contribution is -0.150. The van der Waals surface area contributed by atoms with Crippen molar-refractivity contribution in [1.29, 1.82) is 0 Å². The molecule has 1 aromatic carbocycles. The van der Waals surface area contributed by atoms with Gasteiger partial charge in [0, 0.05) is 11.0 Å². The number of carboxylic acid groups (broad SMARTS) is 1. The normalized spacial score (nSPS) is 32.8. The highest BCUT2D eigenvalue weighted by Gasteiger charge is 2.61. The number of carboxylic acids is 1. The van der Waals surface area contributed by atoms with Gasteiger partial charge in [-0.05, 0) is 75.1 Å². The first-order valence-electron chi connectivity index (χ1n) is 9.10. The van der Waals surface area contributed by atoms with Gasteiger partial charge in [0.15, 0.2) is 0 Å². The Hall–Kier alpha value is -0.870. The monoisotopic (exact) mass is 393 g/mol. The lowest BCUT2D eigenvalue weighted by atomic mass is 9.76. The highest BCUT2D eigenvalue weighted by atomic mass is 79.9. The summed E-state index contributed by atoms with van der Waals surface area (Å²) in [7, 11) is 2.12. The maximum absolute atomic E-state index is 11.2. The molecule has 0 heterocycles. The maximum atomic E-state index is 11.2. The molecule has 2 atom stereocenters. The predicted molar refractivity (Wildman–Crippen MR) is 99.8 cm³/mol. The van der Waals surface area contributed by atoms with Crippen LogP contribution in [0.15, 0.2) is 28.7 Å². The van der Waals surface area contributed by atoms with E-state index < -0.39 is 5.97 Å². The van der Waals surface area contributed by atoms with E-state index in [0.29, 0.717) is 5.92 Å². The van der Waals surface area contributed by atoms with Crippen LogP contribution in [0.25, 0.3) is 0 Å². The van der Waals surface area contributed by atoms with Gasteiger partial charge >= 0.3 is 5.97 Å². The third-order valence-corrected chi connectivity index (χ3v) is 7.13. The molecule has 4 aliphatic carbocycles. The third-order valence-electron chi connectivity index (χ3n) is 6.35. The first-order chi connectivity index (χ1) is 11.4. The van der Waals surface area contributed by atoms with Gasteiger partial charge in [-0.1, -0.05) is 41.1 Å². The van der Waals surface area contributed by atoms with E-state index in [9.17, 15) is 9.90 Å². The van der Waals surface area contributed by atoms with Crippen molar-refractivity contribution in [2.45, 2.75) is 45.6 Å². The molecule has 0 amide bonds. The van der Waals surface area contributed by atoms with Crippen LogP contribution in [-0.2, 0) is 11.3 Å². The van der Waals surface area contributed by atoms with Crippen LogP contribution in [0.4, 0.5) is 0 Å². The van der Waals surface area contributed by atoms with Crippen LogP contribution < -0.4 is 0 Å². The molecule has 24 heavy (non-hydrogen) atoms. The van der Waals surface area contributed by atoms with E-state index in [1.165, 1.54) is 29.3 Å². The Balaban J connectivity index is 0.000000141. The molecule has 4 saturated carbocycles. The molecule has 0 saturated heterocycles. The van der Waals surface area contributed by atoms with E-state index in [1.54, 1.807) is 0 Å². The van der Waals surface area contributed by atoms with Crippen LogP contribution in [0.2, 0.25) is 0 Å². The summed E-state index contributed by atoms with van der Waals surface area (Å²) in [6, 6.07) is 8.35. The Kier molecular flexibility index (Phi) is 5.36. The van der Waals surface area contributed by atoms with Gasteiger partial charge in [-0.15, -0.1) is 0 Å². The number of hydrogen-bond donors (Lipinski definition) is 1. The van der Waals surface area contributed by atoms with Crippen LogP contribution >= 0.6 is 15.9 Å². The lowest BCUT2D eigenvalue weighted by Crippen LogP contribution is -2.32. The zero-order valence-electron chi connectivity index (χ0n) is 14.7. The van der Waals surface area contributed by atoms with E-state index in [2.05, 4.69) is 53.0 Å². The van der Waals surface area contributed by atoms with E-state index >= 15 is 0 Å². The van der Waals surface area contributed by atoms with Crippen molar-refractivity contribution in [3.63, 3.8) is 0 Å². The second-order valence-corrected chi connectivity index (χ2v) is 8.78. The van der Waals surface area contributed by atoms with Crippen molar-refractivity contribution in [2.24, 2.45) is 23.2 Å². The number of halogens is 1. The molecule has 132 valence electrons. The summed E-state index contributed by atoms with van der Waals surface area (Å²) in [6.07, 6.45) is 5.73. The summed E-state index contributed by atoms with van der Waals surface area (Å²) in [5.74, 6) is 1.56. The molecule has 5 rings (SSSR count). The summed E-state index contributed by atoms with van der Waals surface area (Å²) >= 11 is 3.53. The van der Waals surface area contributed by atoms with Gasteiger partial charge in [-0.3, -0.25) is 4.79 Å². The standard InChI is InChI=1S/C10H14BrN.C10H14O2/c1-3-12(2)8-9-6-4-5-7-10(9)11;11-9(12)10-4-6-1-7(5-10)3-8(10)2-6/h4-7H,3,8H2,1-2H3;6-8H,1-5H2,(H,11,12). The van der Waals surface area contributed by atoms with Gasteiger partial charge < -0.3 is 10.0 Å². The summed E-state index contributed by atoms with van der Waals surface area (Å²) in [4.78, 5) is 13.4. The molecule has 4 heteroatoms. The minimum Gasteiger partial charge on any atom is -0.481 e. The average Bonchev–Trinajstić information content (AvgIpc) is 2.96. The van der Waals surface area contributed by atoms with Crippen molar-refractivity contribution < 1.29 is 9.90 Å². The lowest BCUT2D eigenvalue weighted by Gasteiger charge is -2.28. The van der Waals surface area contributed by atoms with Crippen molar-refractivity contribution in [3.8, 4) is 0 Å². The third kappa shape index (κ3) is 3.41. The predicted octanol–water partition coefficient (Wildman–Crippen LogP) is 4.80. The van der Waals surface area contributed by atoms with E-state index in [1.807, 2.05) is 6.07 Å². The largest absolute Gasteiger partial charge is 0.481 e. The molecular formula is C20H28BrNO2. The number of carbonyl (C=O) groups is 1. The number of benzene rings is 1. The SMILES string of the molecule is CCN(C)Cc1ccccc1Br.O=C(O)C12CC3CC(CC1C3)C2. The average molecular weight is 394 g/mol. The van der Waals surface area contributed by atoms with Gasteiger partial charge in [0.1, 0.15) is 0 Å². The summed E-state index contributed by atoms with van der Waals surface area (Å²) < 4.78 is 1.20. The molecule has 4 fully saturated rings. The van der Waals surface area contributed by atoms with Crippen molar-refractivity contribution in [1.82, 2.24) is 4.90 Å². The summed E-state index contributed by atoms with van der Waals surface area (Å²) in [5, 5.41) is 9.21. The number of hydrogen-bond acceptors (Lipinski definition) is 2.